The summed E-state index contributed by atoms with van der Waals surface area (Å²) in [6.07, 6.45) is 11.1. The molecule has 0 saturated heterocycles. The summed E-state index contributed by atoms with van der Waals surface area (Å²) in [6, 6.07) is 0. The van der Waals surface area contributed by atoms with Crippen molar-refractivity contribution in [2.75, 3.05) is 5.88 Å². The van der Waals surface area contributed by atoms with Gasteiger partial charge < -0.3 is 0 Å². The molecule has 0 saturated carbocycles. The number of hydrogen-bond acceptors (Lipinski definition) is 0. The van der Waals surface area contributed by atoms with Gasteiger partial charge in [-0.25, -0.2) is 0 Å². The predicted molar refractivity (Wildman–Crippen MR) is 47.1 cm³/mol. The number of allylic oxidation sites excluding steroid dienone is 2. The third kappa shape index (κ3) is 5.72. The molecule has 0 rings (SSSR count). The van der Waals surface area contributed by atoms with E-state index in [0.717, 1.165) is 12.8 Å². The van der Waals surface area contributed by atoms with Gasteiger partial charge in [-0.3, -0.25) is 0 Å². The van der Waals surface area contributed by atoms with Crippen molar-refractivity contribution < 1.29 is 0 Å². The van der Waals surface area contributed by atoms with Crippen molar-refractivity contribution in [3.63, 3.8) is 0 Å². The van der Waals surface area contributed by atoms with Crippen molar-refractivity contribution in [2.24, 2.45) is 5.92 Å². The maximum atomic E-state index is 5.45. The molecule has 0 amide bonds. The van der Waals surface area contributed by atoms with Gasteiger partial charge >= 0.3 is 0 Å². The second-order valence-electron chi connectivity index (χ2n) is 2.30. The van der Waals surface area contributed by atoms with E-state index >= 15 is 0 Å². The van der Waals surface area contributed by atoms with E-state index in [9.17, 15) is 0 Å². The van der Waals surface area contributed by atoms with Crippen molar-refractivity contribution >= 4 is 11.6 Å². The molecule has 10 heavy (non-hydrogen) atoms. The maximum Gasteiger partial charge on any atom is 0.0404 e. The van der Waals surface area contributed by atoms with E-state index in [2.05, 4.69) is 18.9 Å². The molecule has 0 aromatic heterocycles. The van der Waals surface area contributed by atoms with Crippen LogP contribution in [-0.4, -0.2) is 5.88 Å². The highest BCUT2D eigenvalue weighted by Gasteiger charge is 1.92. The van der Waals surface area contributed by atoms with E-state index in [4.69, 9.17) is 18.0 Å². The Kier molecular flexibility index (Phi) is 6.43. The molecule has 0 aromatic carbocycles. The molecule has 0 spiro atoms. The van der Waals surface area contributed by atoms with Crippen LogP contribution in [0.15, 0.2) is 12.2 Å². The Bertz CT molecular complexity index is 130. The maximum absolute atomic E-state index is 5.45. The SMILES string of the molecule is C#CCCC(C)/C=C\CCl. The lowest BCUT2D eigenvalue weighted by molar-refractivity contribution is 0.664. The third-order valence-electron chi connectivity index (χ3n) is 1.30. The Morgan fingerprint density at radius 1 is 1.70 bits per heavy atom. The zero-order chi connectivity index (χ0) is 7.82. The molecule has 0 aliphatic heterocycles. The average Bonchev–Trinajstić information content (AvgIpc) is 1.97. The van der Waals surface area contributed by atoms with Gasteiger partial charge in [0.2, 0.25) is 0 Å². The van der Waals surface area contributed by atoms with Gasteiger partial charge in [0.15, 0.2) is 0 Å². The highest BCUT2D eigenvalue weighted by Crippen LogP contribution is 2.05. The minimum atomic E-state index is 0.565. The van der Waals surface area contributed by atoms with Crippen LogP contribution in [0.3, 0.4) is 0 Å². The Hall–Kier alpha value is -0.410. The van der Waals surface area contributed by atoms with Gasteiger partial charge in [0.25, 0.3) is 0 Å². The van der Waals surface area contributed by atoms with Crippen molar-refractivity contribution in [1.29, 1.82) is 0 Å². The van der Waals surface area contributed by atoms with E-state index in [-0.39, 0.29) is 0 Å². The molecular formula is C9H13Cl. The fraction of sp³-hybridized carbons (Fsp3) is 0.556. The first-order chi connectivity index (χ1) is 4.81. The monoisotopic (exact) mass is 156 g/mol. The standard InChI is InChI=1S/C9H13Cl/c1-3-4-6-9(2)7-5-8-10/h1,5,7,9H,4,6,8H2,2H3/b7-5-. The van der Waals surface area contributed by atoms with Gasteiger partial charge in [0, 0.05) is 12.3 Å². The summed E-state index contributed by atoms with van der Waals surface area (Å²) >= 11 is 5.45. The lowest BCUT2D eigenvalue weighted by Crippen LogP contribution is -1.87. The third-order valence-corrected chi connectivity index (χ3v) is 1.48. The normalized spacial score (nSPS) is 13.3. The van der Waals surface area contributed by atoms with E-state index in [1.54, 1.807) is 0 Å². The molecule has 0 fully saturated rings. The van der Waals surface area contributed by atoms with Crippen molar-refractivity contribution in [3.8, 4) is 12.3 Å². The number of terminal acetylenes is 1. The molecule has 0 aromatic rings. The smallest absolute Gasteiger partial charge is 0.0404 e. The fourth-order valence-electron chi connectivity index (χ4n) is 0.691. The number of halogens is 1. The largest absolute Gasteiger partial charge is 0.122 e. The van der Waals surface area contributed by atoms with Gasteiger partial charge in [-0.1, -0.05) is 19.1 Å². The fourth-order valence-corrected chi connectivity index (χ4v) is 0.794. The van der Waals surface area contributed by atoms with Crippen LogP contribution in [0.1, 0.15) is 19.8 Å². The Labute approximate surface area is 68.3 Å². The van der Waals surface area contributed by atoms with Crippen LogP contribution in [0.2, 0.25) is 0 Å². The summed E-state index contributed by atoms with van der Waals surface area (Å²) in [4.78, 5) is 0. The summed E-state index contributed by atoms with van der Waals surface area (Å²) in [5, 5.41) is 0. The quantitative estimate of drug-likeness (QED) is 0.334. The number of hydrogen-bond donors (Lipinski definition) is 0. The topological polar surface area (TPSA) is 0 Å². The zero-order valence-corrected chi connectivity index (χ0v) is 7.06. The lowest BCUT2D eigenvalue weighted by Gasteiger charge is -2.00. The molecule has 0 bridgehead atoms. The van der Waals surface area contributed by atoms with Crippen LogP contribution in [0.5, 0.6) is 0 Å². The van der Waals surface area contributed by atoms with Crippen LogP contribution in [0.25, 0.3) is 0 Å². The molecule has 0 radical (unpaired) electrons. The van der Waals surface area contributed by atoms with Crippen molar-refractivity contribution in [3.05, 3.63) is 12.2 Å². The van der Waals surface area contributed by atoms with Gasteiger partial charge in [-0.05, 0) is 12.3 Å². The van der Waals surface area contributed by atoms with Gasteiger partial charge in [0.1, 0.15) is 0 Å². The molecule has 0 N–H and O–H groups in total. The van der Waals surface area contributed by atoms with Crippen LogP contribution < -0.4 is 0 Å². The molecular weight excluding hydrogens is 144 g/mol. The van der Waals surface area contributed by atoms with E-state index in [1.807, 2.05) is 6.08 Å². The van der Waals surface area contributed by atoms with Crippen LogP contribution in [-0.2, 0) is 0 Å². The molecule has 1 unspecified atom stereocenters. The first-order valence-corrected chi connectivity index (χ1v) is 4.00. The zero-order valence-electron chi connectivity index (χ0n) is 6.31. The summed E-state index contributed by atoms with van der Waals surface area (Å²) in [6.45, 7) is 2.14. The van der Waals surface area contributed by atoms with Crippen LogP contribution in [0, 0.1) is 18.3 Å². The summed E-state index contributed by atoms with van der Waals surface area (Å²) in [5.41, 5.74) is 0. The second kappa shape index (κ2) is 6.71. The highest BCUT2D eigenvalue weighted by molar-refractivity contribution is 6.18. The summed E-state index contributed by atoms with van der Waals surface area (Å²) in [7, 11) is 0. The van der Waals surface area contributed by atoms with E-state index in [0.29, 0.717) is 11.8 Å². The van der Waals surface area contributed by atoms with Gasteiger partial charge in [0.05, 0.1) is 0 Å². The van der Waals surface area contributed by atoms with E-state index < -0.39 is 0 Å². The Morgan fingerprint density at radius 2 is 2.40 bits per heavy atom. The van der Waals surface area contributed by atoms with E-state index in [1.165, 1.54) is 0 Å². The number of rotatable bonds is 4. The molecule has 1 heteroatoms. The summed E-state index contributed by atoms with van der Waals surface area (Å²) in [5.74, 6) is 3.77. The first-order valence-electron chi connectivity index (χ1n) is 3.47. The van der Waals surface area contributed by atoms with Crippen LogP contribution in [0.4, 0.5) is 0 Å². The van der Waals surface area contributed by atoms with Gasteiger partial charge in [-0.15, -0.1) is 23.9 Å². The highest BCUT2D eigenvalue weighted by atomic mass is 35.5. The lowest BCUT2D eigenvalue weighted by atomic mass is 10.1. The summed E-state index contributed by atoms with van der Waals surface area (Å²) < 4.78 is 0. The van der Waals surface area contributed by atoms with Gasteiger partial charge in [-0.2, -0.15) is 0 Å². The molecule has 0 nitrogen and oxygen atoms in total. The molecule has 1 atom stereocenters. The average molecular weight is 157 g/mol. The number of alkyl halides is 1. The molecule has 0 heterocycles. The minimum Gasteiger partial charge on any atom is -0.122 e. The molecule has 56 valence electrons. The van der Waals surface area contributed by atoms with Crippen LogP contribution >= 0.6 is 11.6 Å². The molecule has 0 aliphatic carbocycles. The van der Waals surface area contributed by atoms with Crippen molar-refractivity contribution in [2.45, 2.75) is 19.8 Å². The first kappa shape index (κ1) is 9.59. The minimum absolute atomic E-state index is 0.565. The van der Waals surface area contributed by atoms with Crippen molar-refractivity contribution in [1.82, 2.24) is 0 Å². The Morgan fingerprint density at radius 3 is 2.90 bits per heavy atom. The molecule has 0 aliphatic rings. The predicted octanol–water partition coefficient (Wildman–Crippen LogP) is 2.83. The Balaban J connectivity index is 3.35. The second-order valence-corrected chi connectivity index (χ2v) is 2.61.